The van der Waals surface area contributed by atoms with E-state index in [2.05, 4.69) is 27.7 Å². The maximum absolute atomic E-state index is 11.2. The van der Waals surface area contributed by atoms with Gasteiger partial charge in [-0.25, -0.2) is 0 Å². The third-order valence-electron chi connectivity index (χ3n) is 4.43. The average Bonchev–Trinajstić information content (AvgIpc) is 2.45. The number of ether oxygens (including phenoxy) is 1. The standard InChI is InChI=1S/C6H11O2.3C4H9.Sn/c1-5(7)4-6(2)8-3;3*1-3-4-2;/h6H,3-4H2,1-2H3;3*1,3-4H2,2H3;/t6-;;;;/m1..../s1. The molecule has 0 saturated heterocycles. The molecule has 0 amide bonds. The molecule has 0 aromatic heterocycles. The van der Waals surface area contributed by atoms with Gasteiger partial charge < -0.3 is 0 Å². The van der Waals surface area contributed by atoms with Gasteiger partial charge in [0.2, 0.25) is 0 Å². The minimum absolute atomic E-state index is 0.114. The number of unbranched alkanes of at least 4 members (excludes halogenated alkanes) is 3. The molecule has 0 bridgehead atoms. The minimum atomic E-state index is -2.15. The molecule has 0 fully saturated rings. The number of Topliss-reactive ketones (excluding diaryl/α,β-unsaturated/α-hetero) is 1. The van der Waals surface area contributed by atoms with Gasteiger partial charge in [0.1, 0.15) is 0 Å². The fraction of sp³-hybridized carbons (Fsp3) is 0.944. The topological polar surface area (TPSA) is 26.3 Å². The van der Waals surface area contributed by atoms with Gasteiger partial charge in [0, 0.05) is 0 Å². The first-order chi connectivity index (χ1) is 9.99. The van der Waals surface area contributed by atoms with Crippen molar-refractivity contribution >= 4 is 24.2 Å². The quantitative estimate of drug-likeness (QED) is 0.344. The summed E-state index contributed by atoms with van der Waals surface area (Å²) in [6, 6.07) is 0. The van der Waals surface area contributed by atoms with E-state index in [0.717, 1.165) is 4.62 Å². The zero-order valence-corrected chi connectivity index (χ0v) is 18.0. The van der Waals surface area contributed by atoms with Gasteiger partial charge in [-0.05, 0) is 0 Å². The molecule has 0 spiro atoms. The molecule has 1 atom stereocenters. The molecule has 21 heavy (non-hydrogen) atoms. The summed E-state index contributed by atoms with van der Waals surface area (Å²) in [5.74, 6) is 0.249. The van der Waals surface area contributed by atoms with Crippen molar-refractivity contribution in [3.05, 3.63) is 0 Å². The molecule has 0 aromatic rings. The molecule has 2 nitrogen and oxygen atoms in total. The van der Waals surface area contributed by atoms with Crippen LogP contribution < -0.4 is 0 Å². The third kappa shape index (κ3) is 10.7. The number of rotatable bonds is 14. The molecule has 0 saturated carbocycles. The van der Waals surface area contributed by atoms with Gasteiger partial charge >= 0.3 is 137 Å². The number of carbonyl (C=O) groups is 1. The van der Waals surface area contributed by atoms with E-state index in [4.69, 9.17) is 4.74 Å². The fourth-order valence-electron chi connectivity index (χ4n) is 3.03. The number of hydrogen-bond donors (Lipinski definition) is 0. The Labute approximate surface area is 137 Å². The van der Waals surface area contributed by atoms with E-state index in [0.29, 0.717) is 6.42 Å². The summed E-state index contributed by atoms with van der Waals surface area (Å²) >= 11 is -2.15. The van der Waals surface area contributed by atoms with Crippen molar-refractivity contribution in [1.82, 2.24) is 0 Å². The van der Waals surface area contributed by atoms with Crippen molar-refractivity contribution in [3.63, 3.8) is 0 Å². The second-order valence-electron chi connectivity index (χ2n) is 6.84. The summed E-state index contributed by atoms with van der Waals surface area (Å²) in [6.07, 6.45) is 8.76. The molecule has 0 rings (SSSR count). The van der Waals surface area contributed by atoms with Crippen molar-refractivity contribution in [3.8, 4) is 0 Å². The molecule has 0 radical (unpaired) electrons. The molecule has 3 heteroatoms. The van der Waals surface area contributed by atoms with Gasteiger partial charge in [-0.3, -0.25) is 0 Å². The second-order valence-corrected chi connectivity index (χ2v) is 20.5. The first-order valence-electron chi connectivity index (χ1n) is 9.10. The van der Waals surface area contributed by atoms with Crippen LogP contribution in [-0.4, -0.2) is 34.9 Å². The van der Waals surface area contributed by atoms with Gasteiger partial charge in [-0.1, -0.05) is 0 Å². The SMILES string of the molecule is CCC[CH2][Sn]([CH2]CCC)([CH2]CCC)[CH2]O[C@H](C)CC(C)=O. The Morgan fingerprint density at radius 1 is 0.952 bits per heavy atom. The van der Waals surface area contributed by atoms with Crippen LogP contribution in [0.4, 0.5) is 0 Å². The van der Waals surface area contributed by atoms with Crippen molar-refractivity contribution in [2.75, 3.05) is 4.62 Å². The molecule has 0 aliphatic heterocycles. The summed E-state index contributed by atoms with van der Waals surface area (Å²) < 4.78 is 11.7. The molecular weight excluding hydrogens is 367 g/mol. The number of carbonyl (C=O) groups excluding carboxylic acids is 1. The predicted octanol–water partition coefficient (Wildman–Crippen LogP) is 5.76. The normalized spacial score (nSPS) is 13.4. The Morgan fingerprint density at radius 2 is 1.38 bits per heavy atom. The third-order valence-corrected chi connectivity index (χ3v) is 18.8. The zero-order chi connectivity index (χ0) is 16.1. The summed E-state index contributed by atoms with van der Waals surface area (Å²) in [7, 11) is 0. The number of ketones is 1. The van der Waals surface area contributed by atoms with Crippen LogP contribution >= 0.6 is 0 Å². The first-order valence-corrected chi connectivity index (χ1v) is 17.2. The Kier molecular flexibility index (Phi) is 13.2. The predicted molar refractivity (Wildman–Crippen MR) is 95.6 cm³/mol. The summed E-state index contributed by atoms with van der Waals surface area (Å²) in [5, 5.41) is 0. The molecule has 0 heterocycles. The van der Waals surface area contributed by atoms with Gasteiger partial charge in [0.25, 0.3) is 0 Å². The molecule has 0 aliphatic carbocycles. The fourth-order valence-corrected chi connectivity index (χ4v) is 17.7. The zero-order valence-electron chi connectivity index (χ0n) is 15.2. The second kappa shape index (κ2) is 12.9. The van der Waals surface area contributed by atoms with Crippen molar-refractivity contribution in [1.29, 1.82) is 0 Å². The van der Waals surface area contributed by atoms with E-state index in [1.807, 2.05) is 0 Å². The van der Waals surface area contributed by atoms with E-state index < -0.39 is 18.4 Å². The van der Waals surface area contributed by atoms with Crippen LogP contribution in [0, 0.1) is 0 Å². The molecule has 0 N–H and O–H groups in total. The Morgan fingerprint density at radius 3 is 1.71 bits per heavy atom. The summed E-state index contributed by atoms with van der Waals surface area (Å²) in [5.41, 5.74) is 0. The molecular formula is C18H38O2Sn. The number of hydrogen-bond acceptors (Lipinski definition) is 2. The van der Waals surface area contributed by atoms with Crippen molar-refractivity contribution in [2.24, 2.45) is 0 Å². The van der Waals surface area contributed by atoms with E-state index in [9.17, 15) is 4.79 Å². The van der Waals surface area contributed by atoms with Gasteiger partial charge in [-0.15, -0.1) is 0 Å². The monoisotopic (exact) mass is 406 g/mol. The van der Waals surface area contributed by atoms with Gasteiger partial charge in [0.05, 0.1) is 0 Å². The van der Waals surface area contributed by atoms with Crippen LogP contribution in [-0.2, 0) is 9.53 Å². The first kappa shape index (κ1) is 21.4. The van der Waals surface area contributed by atoms with E-state index >= 15 is 0 Å². The maximum atomic E-state index is 11.2. The van der Waals surface area contributed by atoms with Crippen LogP contribution in [0.1, 0.15) is 79.6 Å². The summed E-state index contributed by atoms with van der Waals surface area (Å²) in [4.78, 5) is 11.2. The van der Waals surface area contributed by atoms with Gasteiger partial charge in [-0.2, -0.15) is 0 Å². The summed E-state index contributed by atoms with van der Waals surface area (Å²) in [6.45, 7) is 10.6. The van der Waals surface area contributed by atoms with Crippen LogP contribution in [0.5, 0.6) is 0 Å². The Hall–Kier alpha value is 0.429. The van der Waals surface area contributed by atoms with E-state index in [1.54, 1.807) is 6.92 Å². The van der Waals surface area contributed by atoms with E-state index in [1.165, 1.54) is 51.8 Å². The van der Waals surface area contributed by atoms with Crippen LogP contribution in [0.3, 0.4) is 0 Å². The Bertz CT molecular complexity index is 244. The van der Waals surface area contributed by atoms with Gasteiger partial charge in [0.15, 0.2) is 0 Å². The van der Waals surface area contributed by atoms with Crippen LogP contribution in [0.2, 0.25) is 13.3 Å². The molecule has 0 aliphatic rings. The Balaban J connectivity index is 4.65. The molecule has 0 unspecified atom stereocenters. The molecule has 0 aromatic carbocycles. The van der Waals surface area contributed by atoms with E-state index in [-0.39, 0.29) is 11.9 Å². The van der Waals surface area contributed by atoms with Crippen molar-refractivity contribution < 1.29 is 9.53 Å². The van der Waals surface area contributed by atoms with Crippen LogP contribution in [0.15, 0.2) is 0 Å². The molecule has 126 valence electrons. The van der Waals surface area contributed by atoms with Crippen LogP contribution in [0.25, 0.3) is 0 Å². The average molecular weight is 405 g/mol. The van der Waals surface area contributed by atoms with Crippen molar-refractivity contribution in [2.45, 2.75) is 99.0 Å².